The monoisotopic (exact) mass is 349 g/mol. The third-order valence-corrected chi connectivity index (χ3v) is 4.52. The average Bonchev–Trinajstić information content (AvgIpc) is 2.59. The van der Waals surface area contributed by atoms with E-state index in [4.69, 9.17) is 0 Å². The quantitative estimate of drug-likeness (QED) is 0.699. The van der Waals surface area contributed by atoms with Gasteiger partial charge >= 0.3 is 0 Å². The molecule has 2 aromatic carbocycles. The van der Waals surface area contributed by atoms with Gasteiger partial charge in [-0.05, 0) is 37.3 Å². The maximum atomic E-state index is 12.1. The van der Waals surface area contributed by atoms with E-state index < -0.39 is 0 Å². The minimum atomic E-state index is -0.231. The van der Waals surface area contributed by atoms with Crippen LogP contribution in [0.4, 0.5) is 5.69 Å². The zero-order chi connectivity index (χ0) is 17.8. The van der Waals surface area contributed by atoms with Crippen LogP contribution in [0.5, 0.6) is 5.75 Å². The van der Waals surface area contributed by atoms with Crippen molar-refractivity contribution < 1.29 is 9.90 Å². The minimum absolute atomic E-state index is 0.0868. The molecule has 0 saturated heterocycles. The van der Waals surface area contributed by atoms with Crippen molar-refractivity contribution in [3.05, 3.63) is 59.7 Å². The number of benzene rings is 2. The van der Waals surface area contributed by atoms with Gasteiger partial charge < -0.3 is 10.4 Å². The van der Waals surface area contributed by atoms with E-state index in [1.807, 2.05) is 25.1 Å². The molecule has 0 aliphatic rings. The molecule has 0 saturated carbocycles. The number of phenols is 1. The van der Waals surface area contributed by atoms with Crippen LogP contribution < -0.4 is 5.32 Å². The highest BCUT2D eigenvalue weighted by atomic mass is 32.2. The van der Waals surface area contributed by atoms with Crippen LogP contribution in [0.15, 0.2) is 53.6 Å². The van der Waals surface area contributed by atoms with Crippen molar-refractivity contribution in [3.63, 3.8) is 0 Å². The molecule has 0 bridgehead atoms. The number of aryl methyl sites for hydroxylation is 1. The number of amides is 1. The summed E-state index contributed by atoms with van der Waals surface area (Å²) in [5.74, 6) is -0.0247. The molecule has 124 valence electrons. The van der Waals surface area contributed by atoms with E-state index >= 15 is 0 Å². The van der Waals surface area contributed by atoms with Gasteiger partial charge in [-0.15, -0.1) is 0 Å². The van der Waals surface area contributed by atoms with Gasteiger partial charge in [0.25, 0.3) is 0 Å². The number of carbonyl (C=O) groups excluding carboxylic acids is 1. The van der Waals surface area contributed by atoms with Crippen LogP contribution in [-0.4, -0.2) is 21.8 Å². The van der Waals surface area contributed by atoms with Crippen molar-refractivity contribution in [1.82, 2.24) is 4.98 Å². The highest BCUT2D eigenvalue weighted by molar-refractivity contribution is 8.00. The molecule has 0 aliphatic heterocycles. The van der Waals surface area contributed by atoms with Gasteiger partial charge in [0.2, 0.25) is 5.91 Å². The van der Waals surface area contributed by atoms with E-state index in [0.717, 1.165) is 16.5 Å². The topological polar surface area (TPSA) is 86.0 Å². The molecule has 0 radical (unpaired) electrons. The summed E-state index contributed by atoms with van der Waals surface area (Å²) < 4.78 is 0. The number of nitrogens with one attached hydrogen (secondary N) is 1. The Morgan fingerprint density at radius 2 is 2.12 bits per heavy atom. The van der Waals surface area contributed by atoms with Crippen LogP contribution in [0.25, 0.3) is 10.9 Å². The smallest absolute Gasteiger partial charge is 0.234 e. The second-order valence-electron chi connectivity index (χ2n) is 5.54. The molecule has 1 amide bonds. The Labute approximate surface area is 149 Å². The Balaban J connectivity index is 1.75. The summed E-state index contributed by atoms with van der Waals surface area (Å²) in [6.07, 6.45) is 0. The van der Waals surface area contributed by atoms with E-state index in [2.05, 4.69) is 16.4 Å². The van der Waals surface area contributed by atoms with Crippen LogP contribution in [0.2, 0.25) is 0 Å². The second kappa shape index (κ2) is 7.24. The molecule has 2 N–H and O–H groups in total. The molecule has 25 heavy (non-hydrogen) atoms. The summed E-state index contributed by atoms with van der Waals surface area (Å²) in [7, 11) is 0. The van der Waals surface area contributed by atoms with Crippen LogP contribution in [0.3, 0.4) is 0 Å². The van der Waals surface area contributed by atoms with Gasteiger partial charge in [-0.3, -0.25) is 4.79 Å². The largest absolute Gasteiger partial charge is 0.508 e. The number of rotatable bonds is 4. The highest BCUT2D eigenvalue weighted by Crippen LogP contribution is 2.25. The summed E-state index contributed by atoms with van der Waals surface area (Å²) in [5, 5.41) is 22.9. The maximum absolute atomic E-state index is 12.1. The number of thioether (sulfide) groups is 1. The molecule has 1 aromatic heterocycles. The van der Waals surface area contributed by atoms with Crippen molar-refractivity contribution in [1.29, 1.82) is 5.26 Å². The Hall–Kier alpha value is -3.04. The number of hydrogen-bond acceptors (Lipinski definition) is 5. The molecule has 5 nitrogen and oxygen atoms in total. The first-order valence-electron chi connectivity index (χ1n) is 7.58. The molecule has 0 spiro atoms. The van der Waals surface area contributed by atoms with Crippen LogP contribution in [0.1, 0.15) is 11.1 Å². The SMILES string of the molecule is Cc1ccc2nc(SCC(=O)Nc3cccc(O)c3)c(C#N)cc2c1. The zero-order valence-corrected chi connectivity index (χ0v) is 14.3. The lowest BCUT2D eigenvalue weighted by Gasteiger charge is -2.07. The third kappa shape index (κ3) is 4.08. The molecular formula is C19H15N3O2S. The van der Waals surface area contributed by atoms with Crippen molar-refractivity contribution in [3.8, 4) is 11.8 Å². The van der Waals surface area contributed by atoms with Gasteiger partial charge in [0.15, 0.2) is 0 Å². The summed E-state index contributed by atoms with van der Waals surface area (Å²) in [6, 6.07) is 16.1. The number of pyridine rings is 1. The minimum Gasteiger partial charge on any atom is -0.508 e. The number of aromatic hydroxyl groups is 1. The van der Waals surface area contributed by atoms with Crippen molar-refractivity contribution >= 4 is 34.3 Å². The van der Waals surface area contributed by atoms with E-state index in [0.29, 0.717) is 16.3 Å². The fraction of sp³-hybridized carbons (Fsp3) is 0.105. The summed E-state index contributed by atoms with van der Waals surface area (Å²) >= 11 is 1.21. The van der Waals surface area contributed by atoms with Crippen molar-refractivity contribution in [2.75, 3.05) is 11.1 Å². The first-order chi connectivity index (χ1) is 12.0. The van der Waals surface area contributed by atoms with E-state index in [-0.39, 0.29) is 17.4 Å². The number of fused-ring (bicyclic) bond motifs is 1. The fourth-order valence-electron chi connectivity index (χ4n) is 2.38. The third-order valence-electron chi connectivity index (χ3n) is 3.53. The predicted molar refractivity (Wildman–Crippen MR) is 98.7 cm³/mol. The van der Waals surface area contributed by atoms with Gasteiger partial charge in [-0.25, -0.2) is 4.98 Å². The number of phenolic OH excluding ortho intramolecular Hbond substituents is 1. The molecule has 1 heterocycles. The summed E-state index contributed by atoms with van der Waals surface area (Å²) in [4.78, 5) is 16.6. The first-order valence-corrected chi connectivity index (χ1v) is 8.57. The van der Waals surface area contributed by atoms with E-state index in [9.17, 15) is 15.2 Å². The van der Waals surface area contributed by atoms with Gasteiger partial charge in [-0.2, -0.15) is 5.26 Å². The van der Waals surface area contributed by atoms with E-state index in [1.54, 1.807) is 18.2 Å². The van der Waals surface area contributed by atoms with Gasteiger partial charge in [-0.1, -0.05) is 29.5 Å². The average molecular weight is 349 g/mol. The standard InChI is InChI=1S/C19H15N3O2S/c1-12-5-6-17-13(7-12)8-14(10-20)19(22-17)25-11-18(24)21-15-3-2-4-16(23)9-15/h2-9,23H,11H2,1H3,(H,21,24). The number of anilines is 1. The highest BCUT2D eigenvalue weighted by Gasteiger charge is 2.11. The molecular weight excluding hydrogens is 334 g/mol. The van der Waals surface area contributed by atoms with Crippen LogP contribution in [-0.2, 0) is 4.79 Å². The normalized spacial score (nSPS) is 10.4. The Bertz CT molecular complexity index is 996. The fourth-order valence-corrected chi connectivity index (χ4v) is 3.15. The first kappa shape index (κ1) is 16.8. The van der Waals surface area contributed by atoms with Crippen molar-refractivity contribution in [2.45, 2.75) is 11.9 Å². The zero-order valence-electron chi connectivity index (χ0n) is 13.5. The number of nitriles is 1. The van der Waals surface area contributed by atoms with Crippen LogP contribution >= 0.6 is 11.8 Å². The summed E-state index contributed by atoms with van der Waals surface area (Å²) in [6.45, 7) is 1.99. The molecule has 0 aliphatic carbocycles. The molecule has 6 heteroatoms. The lowest BCUT2D eigenvalue weighted by Crippen LogP contribution is -2.14. The molecule has 3 aromatic rings. The Morgan fingerprint density at radius 1 is 1.28 bits per heavy atom. The number of carbonyl (C=O) groups is 1. The van der Waals surface area contributed by atoms with Gasteiger partial charge in [0.05, 0.1) is 16.8 Å². The number of hydrogen-bond donors (Lipinski definition) is 2. The summed E-state index contributed by atoms with van der Waals surface area (Å²) in [5.41, 5.74) is 2.87. The number of aromatic nitrogens is 1. The molecule has 0 fully saturated rings. The van der Waals surface area contributed by atoms with Gasteiger partial charge in [0.1, 0.15) is 16.8 Å². The van der Waals surface area contributed by atoms with E-state index in [1.165, 1.54) is 23.9 Å². The van der Waals surface area contributed by atoms with Crippen LogP contribution in [0, 0.1) is 18.3 Å². The van der Waals surface area contributed by atoms with Crippen molar-refractivity contribution in [2.24, 2.45) is 0 Å². The lowest BCUT2D eigenvalue weighted by atomic mass is 10.1. The molecule has 3 rings (SSSR count). The van der Waals surface area contributed by atoms with Gasteiger partial charge in [0, 0.05) is 17.1 Å². The number of nitrogens with zero attached hydrogens (tertiary/aromatic N) is 2. The second-order valence-corrected chi connectivity index (χ2v) is 6.50. The Morgan fingerprint density at radius 3 is 2.88 bits per heavy atom. The Kier molecular flexibility index (Phi) is 4.87. The predicted octanol–water partition coefficient (Wildman–Crippen LogP) is 3.85. The molecule has 0 atom stereocenters. The maximum Gasteiger partial charge on any atom is 0.234 e. The molecule has 0 unspecified atom stereocenters. The lowest BCUT2D eigenvalue weighted by molar-refractivity contribution is -0.113.